The van der Waals surface area contributed by atoms with E-state index in [1.165, 1.54) is 0 Å². The standard InChI is InChI=1S/C21H36N4O4.HI/c1-9-22-18(23-13-15-11-10-12-16(27-7)17(15)28-8)24-14-21(5,6)25-19(26)29-20(2,3)4;/h10-12H,9,13-14H2,1-8H3,(H,25,26)(H2,22,23,24);1H. The van der Waals surface area contributed by atoms with E-state index < -0.39 is 17.2 Å². The molecular formula is C21H37IN4O4. The van der Waals surface area contributed by atoms with Gasteiger partial charge in [-0.2, -0.15) is 0 Å². The Labute approximate surface area is 197 Å². The Morgan fingerprint density at radius 3 is 2.27 bits per heavy atom. The number of hydrogen-bond donors (Lipinski definition) is 3. The molecule has 3 N–H and O–H groups in total. The monoisotopic (exact) mass is 536 g/mol. The van der Waals surface area contributed by atoms with E-state index in [1.54, 1.807) is 14.2 Å². The predicted molar refractivity (Wildman–Crippen MR) is 131 cm³/mol. The summed E-state index contributed by atoms with van der Waals surface area (Å²) in [6.07, 6.45) is -0.452. The Kier molecular flexibility index (Phi) is 11.9. The van der Waals surface area contributed by atoms with Gasteiger partial charge in [0.15, 0.2) is 17.5 Å². The van der Waals surface area contributed by atoms with Crippen LogP contribution in [0, 0.1) is 0 Å². The van der Waals surface area contributed by atoms with Crippen LogP contribution in [0.1, 0.15) is 47.1 Å². The molecule has 0 bridgehead atoms. The fraction of sp³-hybridized carbons (Fsp3) is 0.619. The smallest absolute Gasteiger partial charge is 0.408 e. The summed E-state index contributed by atoms with van der Waals surface area (Å²) in [5.41, 5.74) is -0.165. The van der Waals surface area contributed by atoms with Crippen molar-refractivity contribution in [3.63, 3.8) is 0 Å². The van der Waals surface area contributed by atoms with E-state index >= 15 is 0 Å². The fourth-order valence-electron chi connectivity index (χ4n) is 2.51. The number of methoxy groups -OCH3 is 2. The van der Waals surface area contributed by atoms with Crippen LogP contribution in [0.5, 0.6) is 11.5 Å². The normalized spacial score (nSPS) is 11.8. The average molecular weight is 536 g/mol. The largest absolute Gasteiger partial charge is 0.493 e. The molecule has 0 heterocycles. The second-order valence-electron chi connectivity index (χ2n) is 8.21. The zero-order valence-corrected chi connectivity index (χ0v) is 21.7. The lowest BCUT2D eigenvalue weighted by Crippen LogP contribution is -2.54. The summed E-state index contributed by atoms with van der Waals surface area (Å²) in [6.45, 7) is 12.9. The highest BCUT2D eigenvalue weighted by Crippen LogP contribution is 2.31. The van der Waals surface area contributed by atoms with Crippen LogP contribution >= 0.6 is 24.0 Å². The maximum Gasteiger partial charge on any atom is 0.408 e. The maximum atomic E-state index is 12.1. The van der Waals surface area contributed by atoms with Crippen LogP contribution < -0.4 is 25.4 Å². The molecule has 0 radical (unpaired) electrons. The quantitative estimate of drug-likeness (QED) is 0.267. The number of carbonyl (C=O) groups is 1. The second kappa shape index (κ2) is 12.7. The molecule has 0 aliphatic carbocycles. The number of carbonyl (C=O) groups excluding carboxylic acids is 1. The first-order valence-corrected chi connectivity index (χ1v) is 9.74. The minimum atomic E-state index is -0.542. The molecule has 9 heteroatoms. The van der Waals surface area contributed by atoms with Gasteiger partial charge >= 0.3 is 6.09 Å². The molecule has 0 saturated heterocycles. The van der Waals surface area contributed by atoms with E-state index in [9.17, 15) is 4.79 Å². The zero-order chi connectivity index (χ0) is 22.1. The molecule has 0 fully saturated rings. The molecule has 1 rings (SSSR count). The van der Waals surface area contributed by atoms with Gasteiger partial charge in [0.1, 0.15) is 5.60 Å². The highest BCUT2D eigenvalue weighted by atomic mass is 127. The number of ether oxygens (including phenoxy) is 3. The minimum absolute atomic E-state index is 0. The number of aliphatic imine (C=N–C) groups is 1. The Bertz CT molecular complexity index is 703. The van der Waals surface area contributed by atoms with E-state index in [-0.39, 0.29) is 24.0 Å². The summed E-state index contributed by atoms with van der Waals surface area (Å²) >= 11 is 0. The summed E-state index contributed by atoms with van der Waals surface area (Å²) in [4.78, 5) is 16.7. The van der Waals surface area contributed by atoms with Crippen molar-refractivity contribution in [2.75, 3.05) is 27.3 Å². The molecule has 0 saturated carbocycles. The highest BCUT2D eigenvalue weighted by Gasteiger charge is 2.24. The average Bonchev–Trinajstić information content (AvgIpc) is 2.61. The number of rotatable bonds is 8. The lowest BCUT2D eigenvalue weighted by Gasteiger charge is -2.29. The van der Waals surface area contributed by atoms with Gasteiger partial charge in [0.2, 0.25) is 0 Å². The topological polar surface area (TPSA) is 93.2 Å². The number of benzene rings is 1. The Balaban J connectivity index is 0.00000841. The van der Waals surface area contributed by atoms with Gasteiger partial charge in [-0.05, 0) is 47.6 Å². The van der Waals surface area contributed by atoms with Crippen LogP contribution in [0.2, 0.25) is 0 Å². The van der Waals surface area contributed by atoms with Gasteiger partial charge in [0.05, 0.1) is 26.3 Å². The van der Waals surface area contributed by atoms with Gasteiger partial charge in [-0.25, -0.2) is 9.79 Å². The predicted octanol–water partition coefficient (Wildman–Crippen LogP) is 3.68. The van der Waals surface area contributed by atoms with Crippen molar-refractivity contribution in [1.82, 2.24) is 16.0 Å². The number of amides is 1. The van der Waals surface area contributed by atoms with Crippen molar-refractivity contribution in [3.05, 3.63) is 23.8 Å². The van der Waals surface area contributed by atoms with Crippen LogP contribution in [0.15, 0.2) is 23.2 Å². The molecule has 0 atom stereocenters. The van der Waals surface area contributed by atoms with Gasteiger partial charge in [-0.3, -0.25) is 0 Å². The summed E-state index contributed by atoms with van der Waals surface area (Å²) in [6, 6.07) is 5.70. The third-order valence-electron chi connectivity index (χ3n) is 3.77. The van der Waals surface area contributed by atoms with Crippen LogP contribution in [0.3, 0.4) is 0 Å². The van der Waals surface area contributed by atoms with E-state index in [0.717, 1.165) is 5.56 Å². The number of hydrogen-bond acceptors (Lipinski definition) is 5. The molecule has 0 aliphatic rings. The summed E-state index contributed by atoms with van der Waals surface area (Å²) < 4.78 is 16.1. The molecule has 0 aromatic heterocycles. The van der Waals surface area contributed by atoms with Crippen LogP contribution in [0.25, 0.3) is 0 Å². The Morgan fingerprint density at radius 2 is 1.73 bits per heavy atom. The number of alkyl carbamates (subject to hydrolysis) is 1. The molecular weight excluding hydrogens is 499 g/mol. The van der Waals surface area contributed by atoms with Gasteiger partial charge in [-0.1, -0.05) is 12.1 Å². The third-order valence-corrected chi connectivity index (χ3v) is 3.77. The van der Waals surface area contributed by atoms with E-state index in [2.05, 4.69) is 20.9 Å². The number of guanidine groups is 1. The van der Waals surface area contributed by atoms with Gasteiger partial charge in [0, 0.05) is 18.7 Å². The second-order valence-corrected chi connectivity index (χ2v) is 8.21. The number of halogens is 1. The maximum absolute atomic E-state index is 12.1. The third kappa shape index (κ3) is 10.2. The first-order valence-electron chi connectivity index (χ1n) is 9.74. The van der Waals surface area contributed by atoms with Crippen molar-refractivity contribution < 1.29 is 19.0 Å². The fourth-order valence-corrected chi connectivity index (χ4v) is 2.51. The molecule has 1 amide bonds. The highest BCUT2D eigenvalue weighted by molar-refractivity contribution is 14.0. The Morgan fingerprint density at radius 1 is 1.07 bits per heavy atom. The summed E-state index contributed by atoms with van der Waals surface area (Å²) in [5.74, 6) is 1.97. The molecule has 30 heavy (non-hydrogen) atoms. The lowest BCUT2D eigenvalue weighted by molar-refractivity contribution is 0.0474. The van der Waals surface area contributed by atoms with Crippen molar-refractivity contribution in [2.24, 2.45) is 4.99 Å². The SMILES string of the molecule is CCNC(=NCc1cccc(OC)c1OC)NCC(C)(C)NC(=O)OC(C)(C)C.I. The van der Waals surface area contributed by atoms with Gasteiger partial charge < -0.3 is 30.2 Å². The van der Waals surface area contributed by atoms with E-state index in [0.29, 0.717) is 37.1 Å². The molecule has 1 aromatic carbocycles. The molecule has 0 spiro atoms. The number of nitrogens with zero attached hydrogens (tertiary/aromatic N) is 1. The van der Waals surface area contributed by atoms with Crippen molar-refractivity contribution in [1.29, 1.82) is 0 Å². The number of nitrogens with one attached hydrogen (secondary N) is 3. The van der Waals surface area contributed by atoms with Gasteiger partial charge in [0.25, 0.3) is 0 Å². The van der Waals surface area contributed by atoms with Crippen LogP contribution in [-0.4, -0.2) is 50.5 Å². The molecule has 1 aromatic rings. The van der Waals surface area contributed by atoms with Crippen LogP contribution in [0.4, 0.5) is 4.79 Å². The van der Waals surface area contributed by atoms with Crippen molar-refractivity contribution >= 4 is 36.0 Å². The molecule has 8 nitrogen and oxygen atoms in total. The van der Waals surface area contributed by atoms with E-state index in [4.69, 9.17) is 14.2 Å². The summed E-state index contributed by atoms with van der Waals surface area (Å²) in [7, 11) is 3.22. The van der Waals surface area contributed by atoms with Crippen molar-refractivity contribution in [3.8, 4) is 11.5 Å². The minimum Gasteiger partial charge on any atom is -0.493 e. The van der Waals surface area contributed by atoms with E-state index in [1.807, 2.05) is 59.7 Å². The number of para-hydroxylation sites is 1. The first kappa shape index (κ1) is 28.1. The van der Waals surface area contributed by atoms with Gasteiger partial charge in [-0.15, -0.1) is 24.0 Å². The molecule has 172 valence electrons. The molecule has 0 unspecified atom stereocenters. The zero-order valence-electron chi connectivity index (χ0n) is 19.3. The molecule has 0 aliphatic heterocycles. The summed E-state index contributed by atoms with van der Waals surface area (Å²) in [5, 5.41) is 9.34. The van der Waals surface area contributed by atoms with Crippen molar-refractivity contribution in [2.45, 2.75) is 59.2 Å². The Hall–Kier alpha value is -1.91. The lowest BCUT2D eigenvalue weighted by atomic mass is 10.1. The first-order chi connectivity index (χ1) is 13.5. The van der Waals surface area contributed by atoms with Crippen LogP contribution in [-0.2, 0) is 11.3 Å².